The molecule has 1 aliphatic heterocycles. The van der Waals surface area contributed by atoms with Crippen LogP contribution in [0.15, 0.2) is 41.4 Å². The van der Waals surface area contributed by atoms with Crippen LogP contribution in [0.4, 0.5) is 0 Å². The highest BCUT2D eigenvalue weighted by Crippen LogP contribution is 2.26. The van der Waals surface area contributed by atoms with Gasteiger partial charge in [0.1, 0.15) is 0 Å². The molecule has 0 amide bonds. The highest BCUT2D eigenvalue weighted by molar-refractivity contribution is 7.07. The first-order valence-corrected chi connectivity index (χ1v) is 8.04. The molecule has 0 aliphatic carbocycles. The van der Waals surface area contributed by atoms with Crippen molar-refractivity contribution in [2.24, 2.45) is 0 Å². The Morgan fingerprint density at radius 2 is 2.15 bits per heavy atom. The normalized spacial score (nSPS) is 23.9. The Balaban J connectivity index is 1.59. The van der Waals surface area contributed by atoms with Gasteiger partial charge >= 0.3 is 0 Å². The van der Waals surface area contributed by atoms with Crippen LogP contribution in [0.5, 0.6) is 0 Å². The minimum atomic E-state index is 0.224. The molecule has 20 heavy (non-hydrogen) atoms. The Morgan fingerprint density at radius 3 is 2.90 bits per heavy atom. The Bertz CT molecular complexity index is 515. The molecular formula is C16H20N2OS. The third-order valence-corrected chi connectivity index (χ3v) is 4.42. The summed E-state index contributed by atoms with van der Waals surface area (Å²) in [4.78, 5) is 6.58. The van der Waals surface area contributed by atoms with Crippen LogP contribution in [-0.2, 0) is 11.2 Å². The summed E-state index contributed by atoms with van der Waals surface area (Å²) >= 11 is 1.74. The van der Waals surface area contributed by atoms with Crippen molar-refractivity contribution in [1.82, 2.24) is 9.88 Å². The lowest BCUT2D eigenvalue weighted by Gasteiger charge is -2.36. The first-order chi connectivity index (χ1) is 9.81. The van der Waals surface area contributed by atoms with Gasteiger partial charge in [0.15, 0.2) is 0 Å². The molecule has 2 aromatic heterocycles. The van der Waals surface area contributed by atoms with Crippen LogP contribution in [0, 0.1) is 0 Å². The zero-order valence-electron chi connectivity index (χ0n) is 11.7. The molecule has 0 unspecified atom stereocenters. The van der Waals surface area contributed by atoms with E-state index in [1.807, 2.05) is 12.4 Å². The Labute approximate surface area is 124 Å². The molecule has 4 heteroatoms. The lowest BCUT2D eigenvalue weighted by Crippen LogP contribution is -2.43. The summed E-state index contributed by atoms with van der Waals surface area (Å²) in [6.07, 6.45) is 5.33. The summed E-state index contributed by atoms with van der Waals surface area (Å²) in [5.41, 5.74) is 2.67. The second-order valence-corrected chi connectivity index (χ2v) is 6.14. The van der Waals surface area contributed by atoms with Crippen molar-refractivity contribution in [3.63, 3.8) is 0 Å². The van der Waals surface area contributed by atoms with Crippen LogP contribution >= 0.6 is 11.3 Å². The van der Waals surface area contributed by atoms with Gasteiger partial charge in [-0.1, -0.05) is 0 Å². The average Bonchev–Trinajstić information content (AvgIpc) is 3.00. The molecular weight excluding hydrogens is 268 g/mol. The van der Waals surface area contributed by atoms with E-state index in [2.05, 4.69) is 45.8 Å². The summed E-state index contributed by atoms with van der Waals surface area (Å²) in [5, 5.41) is 4.32. The standard InChI is InChI=1S/C16H20N2OS/c1-13-10-18(8-4-14-2-6-17-7-3-14)11-16(19-13)15-5-9-20-12-15/h2-3,5-7,9,12-13,16H,4,8,10-11H2,1H3/t13-,16+/m0/s1. The van der Waals surface area contributed by atoms with Crippen LogP contribution in [0.1, 0.15) is 24.2 Å². The van der Waals surface area contributed by atoms with Crippen LogP contribution < -0.4 is 0 Å². The Morgan fingerprint density at radius 1 is 1.30 bits per heavy atom. The highest BCUT2D eigenvalue weighted by Gasteiger charge is 2.26. The third kappa shape index (κ3) is 3.45. The zero-order chi connectivity index (χ0) is 13.8. The maximum Gasteiger partial charge on any atom is 0.0964 e. The lowest BCUT2D eigenvalue weighted by atomic mass is 10.1. The number of aromatic nitrogens is 1. The van der Waals surface area contributed by atoms with Gasteiger partial charge in [-0.15, -0.1) is 0 Å². The summed E-state index contributed by atoms with van der Waals surface area (Å²) in [6.45, 7) is 5.26. The van der Waals surface area contributed by atoms with Crippen molar-refractivity contribution in [1.29, 1.82) is 0 Å². The molecule has 0 aromatic carbocycles. The van der Waals surface area contributed by atoms with Crippen LogP contribution in [-0.4, -0.2) is 35.6 Å². The fraction of sp³-hybridized carbons (Fsp3) is 0.438. The zero-order valence-corrected chi connectivity index (χ0v) is 12.6. The highest BCUT2D eigenvalue weighted by atomic mass is 32.1. The van der Waals surface area contributed by atoms with Crippen molar-refractivity contribution in [3.05, 3.63) is 52.5 Å². The predicted octanol–water partition coefficient (Wildman–Crippen LogP) is 3.15. The molecule has 0 spiro atoms. The Kier molecular flexibility index (Phi) is 4.45. The number of thiophene rings is 1. The lowest BCUT2D eigenvalue weighted by molar-refractivity contribution is -0.0783. The van der Waals surface area contributed by atoms with Gasteiger partial charge in [0.05, 0.1) is 12.2 Å². The number of rotatable bonds is 4. The molecule has 1 fully saturated rings. The fourth-order valence-corrected chi connectivity index (χ4v) is 3.40. The van der Waals surface area contributed by atoms with Gasteiger partial charge in [-0.3, -0.25) is 9.88 Å². The molecule has 0 radical (unpaired) electrons. The van der Waals surface area contributed by atoms with E-state index in [0.717, 1.165) is 26.1 Å². The average molecular weight is 288 g/mol. The second kappa shape index (κ2) is 6.48. The van der Waals surface area contributed by atoms with E-state index in [1.54, 1.807) is 11.3 Å². The number of hydrogen-bond acceptors (Lipinski definition) is 4. The second-order valence-electron chi connectivity index (χ2n) is 5.36. The quantitative estimate of drug-likeness (QED) is 0.864. The number of morpholine rings is 1. The van der Waals surface area contributed by atoms with E-state index in [9.17, 15) is 0 Å². The number of pyridine rings is 1. The predicted molar refractivity (Wildman–Crippen MR) is 82.0 cm³/mol. The van der Waals surface area contributed by atoms with E-state index in [0.29, 0.717) is 6.10 Å². The van der Waals surface area contributed by atoms with Crippen molar-refractivity contribution in [3.8, 4) is 0 Å². The topological polar surface area (TPSA) is 25.4 Å². The molecule has 1 aliphatic rings. The first-order valence-electron chi connectivity index (χ1n) is 7.10. The van der Waals surface area contributed by atoms with E-state index in [4.69, 9.17) is 4.74 Å². The van der Waals surface area contributed by atoms with Crippen molar-refractivity contribution >= 4 is 11.3 Å². The summed E-state index contributed by atoms with van der Waals surface area (Å²) < 4.78 is 6.07. The molecule has 2 atom stereocenters. The number of nitrogens with zero attached hydrogens (tertiary/aromatic N) is 2. The molecule has 0 bridgehead atoms. The maximum atomic E-state index is 6.07. The van der Waals surface area contributed by atoms with Crippen molar-refractivity contribution < 1.29 is 4.74 Å². The molecule has 1 saturated heterocycles. The Hall–Kier alpha value is -1.23. The first kappa shape index (κ1) is 13.7. The SMILES string of the molecule is C[C@H]1CN(CCc2ccncc2)C[C@H](c2ccsc2)O1. The van der Waals surface area contributed by atoms with Gasteiger partial charge < -0.3 is 4.74 Å². The van der Waals surface area contributed by atoms with Crippen LogP contribution in [0.25, 0.3) is 0 Å². The molecule has 3 heterocycles. The molecule has 3 nitrogen and oxygen atoms in total. The molecule has 0 saturated carbocycles. The smallest absolute Gasteiger partial charge is 0.0964 e. The van der Waals surface area contributed by atoms with Gasteiger partial charge in [-0.05, 0) is 53.4 Å². The maximum absolute atomic E-state index is 6.07. The van der Waals surface area contributed by atoms with E-state index in [1.165, 1.54) is 11.1 Å². The van der Waals surface area contributed by atoms with Gasteiger partial charge in [-0.25, -0.2) is 0 Å². The summed E-state index contributed by atoms with van der Waals surface area (Å²) in [7, 11) is 0. The van der Waals surface area contributed by atoms with Crippen LogP contribution in [0.2, 0.25) is 0 Å². The van der Waals surface area contributed by atoms with Crippen LogP contribution in [0.3, 0.4) is 0 Å². The third-order valence-electron chi connectivity index (χ3n) is 3.72. The molecule has 3 rings (SSSR count). The summed E-state index contributed by atoms with van der Waals surface area (Å²) in [6, 6.07) is 6.37. The van der Waals surface area contributed by atoms with Gasteiger partial charge in [0.2, 0.25) is 0 Å². The van der Waals surface area contributed by atoms with E-state index < -0.39 is 0 Å². The monoisotopic (exact) mass is 288 g/mol. The van der Waals surface area contributed by atoms with Crippen molar-refractivity contribution in [2.45, 2.75) is 25.6 Å². The number of hydrogen-bond donors (Lipinski definition) is 0. The van der Waals surface area contributed by atoms with E-state index in [-0.39, 0.29) is 6.10 Å². The minimum absolute atomic E-state index is 0.224. The molecule has 0 N–H and O–H groups in total. The van der Waals surface area contributed by atoms with Gasteiger partial charge in [-0.2, -0.15) is 11.3 Å². The van der Waals surface area contributed by atoms with E-state index >= 15 is 0 Å². The molecule has 2 aromatic rings. The summed E-state index contributed by atoms with van der Waals surface area (Å²) in [5.74, 6) is 0. The number of ether oxygens (including phenoxy) is 1. The van der Waals surface area contributed by atoms with Gasteiger partial charge in [0.25, 0.3) is 0 Å². The fourth-order valence-electron chi connectivity index (χ4n) is 2.70. The van der Waals surface area contributed by atoms with Crippen molar-refractivity contribution in [2.75, 3.05) is 19.6 Å². The molecule has 106 valence electrons. The minimum Gasteiger partial charge on any atom is -0.368 e. The largest absolute Gasteiger partial charge is 0.368 e. The van der Waals surface area contributed by atoms with Gasteiger partial charge in [0, 0.05) is 32.0 Å².